The zero-order chi connectivity index (χ0) is 12.0. The summed E-state index contributed by atoms with van der Waals surface area (Å²) in [6.07, 6.45) is 0.300. The van der Waals surface area contributed by atoms with Crippen molar-refractivity contribution in [1.82, 2.24) is 5.32 Å². The van der Waals surface area contributed by atoms with E-state index in [1.807, 2.05) is 0 Å². The quantitative estimate of drug-likeness (QED) is 0.725. The largest absolute Gasteiger partial charge is 0.493 e. The lowest BCUT2D eigenvalue weighted by Crippen LogP contribution is -2.20. The van der Waals surface area contributed by atoms with Gasteiger partial charge in [0.1, 0.15) is 0 Å². The molecule has 16 heavy (non-hydrogen) atoms. The molecule has 3 N–H and O–H groups in total. The Morgan fingerprint density at radius 3 is 2.81 bits per heavy atom. The molecule has 0 aromatic heterocycles. The van der Waals surface area contributed by atoms with Crippen molar-refractivity contribution in [1.29, 1.82) is 0 Å². The van der Waals surface area contributed by atoms with Crippen molar-refractivity contribution in [2.75, 3.05) is 26.5 Å². The van der Waals surface area contributed by atoms with Crippen LogP contribution in [0.2, 0.25) is 0 Å². The van der Waals surface area contributed by atoms with E-state index in [-0.39, 0.29) is 5.91 Å². The fourth-order valence-electron chi connectivity index (χ4n) is 1.18. The van der Waals surface area contributed by atoms with Crippen molar-refractivity contribution in [3.05, 3.63) is 18.2 Å². The van der Waals surface area contributed by atoms with Crippen molar-refractivity contribution in [3.8, 4) is 11.5 Å². The number of methoxy groups -OCH3 is 1. The van der Waals surface area contributed by atoms with Gasteiger partial charge in [0.25, 0.3) is 0 Å². The lowest BCUT2D eigenvalue weighted by Gasteiger charge is -2.10. The maximum atomic E-state index is 11.0. The number of benzene rings is 1. The minimum absolute atomic E-state index is 0.0668. The number of nitrogen functional groups attached to an aromatic ring is 1. The molecule has 1 amide bonds. The molecule has 5 heteroatoms. The van der Waals surface area contributed by atoms with E-state index in [1.54, 1.807) is 32.4 Å². The second-order valence-electron chi connectivity index (χ2n) is 3.18. The molecule has 0 radical (unpaired) electrons. The van der Waals surface area contributed by atoms with Crippen LogP contribution >= 0.6 is 0 Å². The van der Waals surface area contributed by atoms with Gasteiger partial charge in [-0.1, -0.05) is 0 Å². The van der Waals surface area contributed by atoms with Gasteiger partial charge in [0, 0.05) is 18.8 Å². The fraction of sp³-hybridized carbons (Fsp3) is 0.364. The predicted molar refractivity (Wildman–Crippen MR) is 61.6 cm³/mol. The molecular formula is C11H16N2O3. The van der Waals surface area contributed by atoms with Crippen LogP contribution in [0.1, 0.15) is 6.42 Å². The molecule has 0 aliphatic carbocycles. The normalized spacial score (nSPS) is 9.62. The van der Waals surface area contributed by atoms with Crippen LogP contribution in [0.4, 0.5) is 5.69 Å². The molecule has 0 fully saturated rings. The standard InChI is InChI=1S/C11H16N2O3/c1-13-11(14)5-6-16-10-7-8(12)3-4-9(10)15-2/h3-4,7H,5-6,12H2,1-2H3,(H,13,14). The molecular weight excluding hydrogens is 208 g/mol. The zero-order valence-electron chi connectivity index (χ0n) is 9.45. The number of hydrogen-bond acceptors (Lipinski definition) is 4. The van der Waals surface area contributed by atoms with Crippen LogP contribution in [0.5, 0.6) is 11.5 Å². The third-order valence-electron chi connectivity index (χ3n) is 2.05. The molecule has 0 heterocycles. The van der Waals surface area contributed by atoms with Crippen LogP contribution in [0.3, 0.4) is 0 Å². The first-order chi connectivity index (χ1) is 7.67. The molecule has 0 atom stereocenters. The van der Waals surface area contributed by atoms with Crippen LogP contribution in [0.25, 0.3) is 0 Å². The van der Waals surface area contributed by atoms with Crippen LogP contribution in [0.15, 0.2) is 18.2 Å². The van der Waals surface area contributed by atoms with Gasteiger partial charge in [-0.2, -0.15) is 0 Å². The maximum absolute atomic E-state index is 11.0. The molecule has 0 aliphatic heterocycles. The van der Waals surface area contributed by atoms with Crippen molar-refractivity contribution in [2.45, 2.75) is 6.42 Å². The number of nitrogens with one attached hydrogen (secondary N) is 1. The van der Waals surface area contributed by atoms with Crippen molar-refractivity contribution in [2.24, 2.45) is 0 Å². The van der Waals surface area contributed by atoms with Gasteiger partial charge in [-0.25, -0.2) is 0 Å². The lowest BCUT2D eigenvalue weighted by molar-refractivity contribution is -0.121. The Morgan fingerprint density at radius 2 is 2.19 bits per heavy atom. The van der Waals surface area contributed by atoms with Gasteiger partial charge in [0.05, 0.1) is 20.1 Å². The number of carbonyl (C=O) groups excluding carboxylic acids is 1. The first-order valence-corrected chi connectivity index (χ1v) is 4.94. The van der Waals surface area contributed by atoms with Crippen LogP contribution < -0.4 is 20.5 Å². The van der Waals surface area contributed by atoms with Gasteiger partial charge >= 0.3 is 0 Å². The average Bonchev–Trinajstić information content (AvgIpc) is 2.29. The first kappa shape index (κ1) is 12.2. The van der Waals surface area contributed by atoms with Gasteiger partial charge in [-0.3, -0.25) is 4.79 Å². The van der Waals surface area contributed by atoms with Crippen molar-refractivity contribution < 1.29 is 14.3 Å². The predicted octanol–water partition coefficient (Wildman–Crippen LogP) is 0.792. The molecule has 0 spiro atoms. The van der Waals surface area contributed by atoms with E-state index < -0.39 is 0 Å². The van der Waals surface area contributed by atoms with Gasteiger partial charge < -0.3 is 20.5 Å². The second kappa shape index (κ2) is 5.85. The monoisotopic (exact) mass is 224 g/mol. The van der Waals surface area contributed by atoms with Crippen molar-refractivity contribution in [3.63, 3.8) is 0 Å². The highest BCUT2D eigenvalue weighted by Crippen LogP contribution is 2.28. The number of hydrogen-bond donors (Lipinski definition) is 2. The Kier molecular flexibility index (Phi) is 4.44. The Balaban J connectivity index is 2.58. The molecule has 1 rings (SSSR count). The number of rotatable bonds is 5. The number of carbonyl (C=O) groups is 1. The number of ether oxygens (including phenoxy) is 2. The highest BCUT2D eigenvalue weighted by molar-refractivity contribution is 5.75. The average molecular weight is 224 g/mol. The Labute approximate surface area is 94.5 Å². The van der Waals surface area contributed by atoms with Gasteiger partial charge in [-0.05, 0) is 12.1 Å². The summed E-state index contributed by atoms with van der Waals surface area (Å²) >= 11 is 0. The van der Waals surface area contributed by atoms with Gasteiger partial charge in [0.2, 0.25) is 5.91 Å². The summed E-state index contributed by atoms with van der Waals surface area (Å²) in [6, 6.07) is 5.12. The number of nitrogens with two attached hydrogens (primary N) is 1. The Bertz CT molecular complexity index is 366. The number of anilines is 1. The molecule has 0 saturated carbocycles. The summed E-state index contributed by atoms with van der Waals surface area (Å²) in [5.41, 5.74) is 6.22. The Morgan fingerprint density at radius 1 is 1.44 bits per heavy atom. The zero-order valence-corrected chi connectivity index (χ0v) is 9.45. The minimum Gasteiger partial charge on any atom is -0.493 e. The smallest absolute Gasteiger partial charge is 0.223 e. The van der Waals surface area contributed by atoms with E-state index in [1.165, 1.54) is 0 Å². The van der Waals surface area contributed by atoms with E-state index >= 15 is 0 Å². The summed E-state index contributed by atoms with van der Waals surface area (Å²) in [4.78, 5) is 11.0. The van der Waals surface area contributed by atoms with E-state index in [0.29, 0.717) is 30.2 Å². The summed E-state index contributed by atoms with van der Waals surface area (Å²) in [7, 11) is 3.14. The highest BCUT2D eigenvalue weighted by Gasteiger charge is 2.05. The van der Waals surface area contributed by atoms with Crippen LogP contribution in [-0.2, 0) is 4.79 Å². The molecule has 1 aromatic rings. The summed E-state index contributed by atoms with van der Waals surface area (Å²) in [6.45, 7) is 0.291. The van der Waals surface area contributed by atoms with E-state index in [2.05, 4.69) is 5.32 Å². The minimum atomic E-state index is -0.0668. The summed E-state index contributed by atoms with van der Waals surface area (Å²) < 4.78 is 10.5. The SMILES string of the molecule is CNC(=O)CCOc1cc(N)ccc1OC. The summed E-state index contributed by atoms with van der Waals surface area (Å²) in [5, 5.41) is 2.52. The molecule has 0 bridgehead atoms. The topological polar surface area (TPSA) is 73.6 Å². The van der Waals surface area contributed by atoms with E-state index in [0.717, 1.165) is 0 Å². The van der Waals surface area contributed by atoms with Crippen LogP contribution in [-0.4, -0.2) is 26.7 Å². The van der Waals surface area contributed by atoms with Crippen LogP contribution in [0, 0.1) is 0 Å². The third-order valence-corrected chi connectivity index (χ3v) is 2.05. The molecule has 5 nitrogen and oxygen atoms in total. The molecule has 88 valence electrons. The van der Waals surface area contributed by atoms with Crippen molar-refractivity contribution >= 4 is 11.6 Å². The molecule has 0 saturated heterocycles. The van der Waals surface area contributed by atoms with E-state index in [4.69, 9.17) is 15.2 Å². The second-order valence-corrected chi connectivity index (χ2v) is 3.18. The molecule has 0 unspecified atom stereocenters. The number of amides is 1. The summed E-state index contributed by atoms with van der Waals surface area (Å²) in [5.74, 6) is 1.08. The molecule has 1 aromatic carbocycles. The van der Waals surface area contributed by atoms with E-state index in [9.17, 15) is 4.79 Å². The lowest BCUT2D eigenvalue weighted by atomic mass is 10.3. The highest BCUT2D eigenvalue weighted by atomic mass is 16.5. The fourth-order valence-corrected chi connectivity index (χ4v) is 1.18. The van der Waals surface area contributed by atoms with Gasteiger partial charge in [0.15, 0.2) is 11.5 Å². The van der Waals surface area contributed by atoms with Gasteiger partial charge in [-0.15, -0.1) is 0 Å². The third kappa shape index (κ3) is 3.34. The first-order valence-electron chi connectivity index (χ1n) is 4.94. The molecule has 0 aliphatic rings. The Hall–Kier alpha value is -1.91. The maximum Gasteiger partial charge on any atom is 0.223 e.